The Kier molecular flexibility index (Phi) is 4.35. The number of carbonyl (C=O) groups is 1. The van der Waals surface area contributed by atoms with Crippen molar-refractivity contribution in [3.63, 3.8) is 0 Å². The number of aromatic nitrogens is 1. The van der Waals surface area contributed by atoms with Crippen molar-refractivity contribution in [3.8, 4) is 0 Å². The monoisotopic (exact) mass is 292 g/mol. The summed E-state index contributed by atoms with van der Waals surface area (Å²) < 4.78 is 6.73. The van der Waals surface area contributed by atoms with Gasteiger partial charge in [0.1, 0.15) is 11.2 Å². The molecule has 1 aromatic heterocycles. The quantitative estimate of drug-likeness (QED) is 0.534. The first kappa shape index (κ1) is 14.5. The average Bonchev–Trinajstić information content (AvgIpc) is 2.81. The summed E-state index contributed by atoms with van der Waals surface area (Å²) in [5.41, 5.74) is 8.10. The standard InChI is InChI=1S/C15H17ClN2O2/c1-3-20-15(19)13-8-10(2)9-18(13)14(16)11-6-4-5-7-12(11)17/h4-9,14H,3,17H2,1-2H3. The summed E-state index contributed by atoms with van der Waals surface area (Å²) in [7, 11) is 0. The van der Waals surface area contributed by atoms with Crippen molar-refractivity contribution in [1.29, 1.82) is 0 Å². The first-order valence-corrected chi connectivity index (χ1v) is 6.82. The van der Waals surface area contributed by atoms with Crippen molar-refractivity contribution in [3.05, 3.63) is 53.3 Å². The van der Waals surface area contributed by atoms with E-state index in [-0.39, 0.29) is 5.97 Å². The van der Waals surface area contributed by atoms with Crippen LogP contribution in [0.25, 0.3) is 0 Å². The van der Waals surface area contributed by atoms with Crippen molar-refractivity contribution in [2.24, 2.45) is 0 Å². The summed E-state index contributed by atoms with van der Waals surface area (Å²) in [6.07, 6.45) is 1.82. The third kappa shape index (κ3) is 2.80. The van der Waals surface area contributed by atoms with Gasteiger partial charge in [0.15, 0.2) is 0 Å². The maximum Gasteiger partial charge on any atom is 0.354 e. The van der Waals surface area contributed by atoms with E-state index in [1.54, 1.807) is 23.6 Å². The number of aryl methyl sites for hydroxylation is 1. The maximum absolute atomic E-state index is 12.0. The zero-order chi connectivity index (χ0) is 14.7. The van der Waals surface area contributed by atoms with Gasteiger partial charge in [0.2, 0.25) is 0 Å². The molecule has 1 atom stereocenters. The van der Waals surface area contributed by atoms with Gasteiger partial charge in [-0.3, -0.25) is 0 Å². The predicted molar refractivity (Wildman–Crippen MR) is 80.0 cm³/mol. The molecule has 2 aromatic rings. The Morgan fingerprint density at radius 2 is 2.15 bits per heavy atom. The smallest absolute Gasteiger partial charge is 0.354 e. The number of nitrogen functional groups attached to an aromatic ring is 1. The minimum absolute atomic E-state index is 0.323. The number of benzene rings is 1. The van der Waals surface area contributed by atoms with E-state index in [0.717, 1.165) is 11.1 Å². The molecule has 5 heteroatoms. The maximum atomic E-state index is 12.0. The second-order valence-electron chi connectivity index (χ2n) is 4.50. The highest BCUT2D eigenvalue weighted by Gasteiger charge is 2.20. The fraction of sp³-hybridized carbons (Fsp3) is 0.267. The summed E-state index contributed by atoms with van der Waals surface area (Å²) >= 11 is 6.47. The number of esters is 1. The van der Waals surface area contributed by atoms with Crippen LogP contribution in [0, 0.1) is 6.92 Å². The zero-order valence-electron chi connectivity index (χ0n) is 11.5. The second kappa shape index (κ2) is 6.01. The molecule has 1 heterocycles. The van der Waals surface area contributed by atoms with E-state index in [4.69, 9.17) is 22.1 Å². The molecular formula is C15H17ClN2O2. The highest BCUT2D eigenvalue weighted by Crippen LogP contribution is 2.30. The molecule has 0 aliphatic rings. The first-order chi connectivity index (χ1) is 9.54. The van der Waals surface area contributed by atoms with Gasteiger partial charge < -0.3 is 15.0 Å². The van der Waals surface area contributed by atoms with Crippen LogP contribution in [0.4, 0.5) is 5.69 Å². The van der Waals surface area contributed by atoms with E-state index < -0.39 is 5.50 Å². The Bertz CT molecular complexity index is 622. The molecule has 1 unspecified atom stereocenters. The Morgan fingerprint density at radius 1 is 1.45 bits per heavy atom. The first-order valence-electron chi connectivity index (χ1n) is 6.38. The van der Waals surface area contributed by atoms with E-state index in [1.165, 1.54) is 0 Å². The normalized spacial score (nSPS) is 12.2. The number of nitrogens with zero attached hydrogens (tertiary/aromatic N) is 1. The Balaban J connectivity index is 2.42. The molecule has 0 aliphatic carbocycles. The molecule has 1 aromatic carbocycles. The lowest BCUT2D eigenvalue weighted by Crippen LogP contribution is -2.15. The van der Waals surface area contributed by atoms with Crippen LogP contribution >= 0.6 is 11.6 Å². The number of nitrogens with two attached hydrogens (primary N) is 1. The van der Waals surface area contributed by atoms with E-state index >= 15 is 0 Å². The van der Waals surface area contributed by atoms with Gasteiger partial charge in [-0.2, -0.15) is 0 Å². The van der Waals surface area contributed by atoms with Gasteiger partial charge in [-0.1, -0.05) is 29.8 Å². The number of alkyl halides is 1. The molecule has 0 bridgehead atoms. The van der Waals surface area contributed by atoms with Crippen LogP contribution in [-0.4, -0.2) is 17.1 Å². The largest absolute Gasteiger partial charge is 0.461 e. The van der Waals surface area contributed by atoms with E-state index in [0.29, 0.717) is 18.0 Å². The minimum Gasteiger partial charge on any atom is -0.461 e. The molecule has 2 N–H and O–H groups in total. The SMILES string of the molecule is CCOC(=O)c1cc(C)cn1C(Cl)c1ccccc1N. The number of rotatable bonds is 4. The summed E-state index contributed by atoms with van der Waals surface area (Å²) in [5, 5.41) is 0. The van der Waals surface area contributed by atoms with E-state index in [1.807, 2.05) is 31.3 Å². The Hall–Kier alpha value is -1.94. The Labute approximate surface area is 123 Å². The van der Waals surface area contributed by atoms with E-state index in [9.17, 15) is 4.79 Å². The van der Waals surface area contributed by atoms with Gasteiger partial charge in [0.25, 0.3) is 0 Å². The van der Waals surface area contributed by atoms with Crippen LogP contribution in [0.5, 0.6) is 0 Å². The number of ether oxygens (including phenoxy) is 1. The molecule has 0 fully saturated rings. The number of anilines is 1. The molecule has 20 heavy (non-hydrogen) atoms. The molecule has 0 radical (unpaired) electrons. The molecular weight excluding hydrogens is 276 g/mol. The molecule has 0 spiro atoms. The van der Waals surface area contributed by atoms with Gasteiger partial charge in [-0.15, -0.1) is 0 Å². The fourth-order valence-corrected chi connectivity index (χ4v) is 2.41. The van der Waals surface area contributed by atoms with Crippen LogP contribution in [0.15, 0.2) is 36.5 Å². The fourth-order valence-electron chi connectivity index (χ4n) is 2.05. The van der Waals surface area contributed by atoms with Crippen molar-refractivity contribution in [2.45, 2.75) is 19.3 Å². The van der Waals surface area contributed by atoms with Gasteiger partial charge in [-0.05, 0) is 31.5 Å². The second-order valence-corrected chi connectivity index (χ2v) is 4.91. The lowest BCUT2D eigenvalue weighted by molar-refractivity contribution is 0.0514. The molecule has 0 saturated heterocycles. The lowest BCUT2D eigenvalue weighted by atomic mass is 10.2. The van der Waals surface area contributed by atoms with Crippen LogP contribution < -0.4 is 5.73 Å². The Morgan fingerprint density at radius 3 is 2.80 bits per heavy atom. The average molecular weight is 293 g/mol. The number of para-hydroxylation sites is 1. The van der Waals surface area contributed by atoms with Crippen LogP contribution in [0.2, 0.25) is 0 Å². The van der Waals surface area contributed by atoms with E-state index in [2.05, 4.69) is 0 Å². The van der Waals surface area contributed by atoms with Crippen LogP contribution in [-0.2, 0) is 4.74 Å². The molecule has 0 saturated carbocycles. The number of hydrogen-bond acceptors (Lipinski definition) is 3. The van der Waals surface area contributed by atoms with Crippen molar-refractivity contribution in [2.75, 3.05) is 12.3 Å². The van der Waals surface area contributed by atoms with Crippen molar-refractivity contribution >= 4 is 23.3 Å². The number of hydrogen-bond donors (Lipinski definition) is 1. The van der Waals surface area contributed by atoms with Gasteiger partial charge in [0, 0.05) is 17.4 Å². The molecule has 4 nitrogen and oxygen atoms in total. The van der Waals surface area contributed by atoms with Crippen LogP contribution in [0.1, 0.15) is 34.0 Å². The van der Waals surface area contributed by atoms with Crippen LogP contribution in [0.3, 0.4) is 0 Å². The summed E-state index contributed by atoms with van der Waals surface area (Å²) in [5.74, 6) is -0.388. The summed E-state index contributed by atoms with van der Waals surface area (Å²) in [6.45, 7) is 3.99. The minimum atomic E-state index is -0.552. The van der Waals surface area contributed by atoms with Gasteiger partial charge >= 0.3 is 5.97 Å². The predicted octanol–water partition coefficient (Wildman–Crippen LogP) is 3.34. The van der Waals surface area contributed by atoms with Gasteiger partial charge in [-0.25, -0.2) is 4.79 Å². The molecule has 106 valence electrons. The molecule has 2 rings (SSSR count). The molecule has 0 amide bonds. The third-order valence-corrected chi connectivity index (χ3v) is 3.41. The highest BCUT2D eigenvalue weighted by molar-refractivity contribution is 6.21. The summed E-state index contributed by atoms with van der Waals surface area (Å²) in [4.78, 5) is 12.0. The third-order valence-electron chi connectivity index (χ3n) is 2.97. The summed E-state index contributed by atoms with van der Waals surface area (Å²) in [6, 6.07) is 9.09. The lowest BCUT2D eigenvalue weighted by Gasteiger charge is -2.16. The van der Waals surface area contributed by atoms with Gasteiger partial charge in [0.05, 0.1) is 6.61 Å². The topological polar surface area (TPSA) is 57.2 Å². The number of halogens is 1. The highest BCUT2D eigenvalue weighted by atomic mass is 35.5. The van der Waals surface area contributed by atoms with Crippen molar-refractivity contribution < 1.29 is 9.53 Å². The van der Waals surface area contributed by atoms with Crippen molar-refractivity contribution in [1.82, 2.24) is 4.57 Å². The number of carbonyl (C=O) groups excluding carboxylic acids is 1. The molecule has 0 aliphatic heterocycles. The zero-order valence-corrected chi connectivity index (χ0v) is 12.2.